The molecule has 0 aromatic heterocycles. The first-order valence-electron chi connectivity index (χ1n) is 6.33. The van der Waals surface area contributed by atoms with Gasteiger partial charge in [0.15, 0.2) is 5.84 Å². The molecule has 3 N–H and O–H groups in total. The van der Waals surface area contributed by atoms with Crippen molar-refractivity contribution in [2.45, 2.75) is 20.4 Å². The third kappa shape index (κ3) is 4.23. The Hall–Kier alpha value is -1.56. The molecule has 1 amide bonds. The van der Waals surface area contributed by atoms with Crippen LogP contribution in [-0.4, -0.2) is 28.9 Å². The number of rotatable bonds is 5. The lowest BCUT2D eigenvalue weighted by molar-refractivity contribution is -0.133. The molecule has 110 valence electrons. The van der Waals surface area contributed by atoms with Gasteiger partial charge in [-0.2, -0.15) is 0 Å². The summed E-state index contributed by atoms with van der Waals surface area (Å²) >= 11 is 3.40. The molecule has 1 aromatic carbocycles. The molecule has 0 bridgehead atoms. The zero-order chi connectivity index (χ0) is 15.3. The number of benzene rings is 1. The molecule has 0 saturated heterocycles. The van der Waals surface area contributed by atoms with Crippen LogP contribution in [0.3, 0.4) is 0 Å². The molecule has 5 nitrogen and oxygen atoms in total. The SMILES string of the molecule is CC(C)C(C(=O)N(C)Cc1cccc(Br)c1)C(N)=NO. The Balaban J connectivity index is 2.84. The number of halogens is 1. The average molecular weight is 342 g/mol. The quantitative estimate of drug-likeness (QED) is 0.373. The number of amides is 1. The molecular formula is C14H20BrN3O2. The van der Waals surface area contributed by atoms with Gasteiger partial charge in [-0.05, 0) is 23.6 Å². The van der Waals surface area contributed by atoms with Gasteiger partial charge in [0.2, 0.25) is 5.91 Å². The van der Waals surface area contributed by atoms with Crippen LogP contribution in [0.15, 0.2) is 33.9 Å². The third-order valence-electron chi connectivity index (χ3n) is 3.05. The van der Waals surface area contributed by atoms with E-state index in [2.05, 4.69) is 21.1 Å². The van der Waals surface area contributed by atoms with Crippen molar-refractivity contribution >= 4 is 27.7 Å². The van der Waals surface area contributed by atoms with Crippen LogP contribution in [0.1, 0.15) is 19.4 Å². The second kappa shape index (κ2) is 7.28. The first kappa shape index (κ1) is 16.5. The molecule has 0 aliphatic heterocycles. The topological polar surface area (TPSA) is 78.9 Å². The minimum atomic E-state index is -0.614. The molecule has 0 aliphatic carbocycles. The Labute approximate surface area is 127 Å². The summed E-state index contributed by atoms with van der Waals surface area (Å²) in [6.45, 7) is 4.21. The number of nitrogens with two attached hydrogens (primary N) is 1. The van der Waals surface area contributed by atoms with E-state index in [9.17, 15) is 4.79 Å². The van der Waals surface area contributed by atoms with Crippen molar-refractivity contribution in [1.82, 2.24) is 4.90 Å². The lowest BCUT2D eigenvalue weighted by Crippen LogP contribution is -2.42. The number of carbonyl (C=O) groups is 1. The normalized spacial score (nSPS) is 13.3. The van der Waals surface area contributed by atoms with Gasteiger partial charge < -0.3 is 15.8 Å². The van der Waals surface area contributed by atoms with Crippen LogP contribution < -0.4 is 5.73 Å². The summed E-state index contributed by atoms with van der Waals surface area (Å²) < 4.78 is 0.965. The van der Waals surface area contributed by atoms with Gasteiger partial charge >= 0.3 is 0 Å². The molecule has 0 spiro atoms. The van der Waals surface area contributed by atoms with Crippen LogP contribution in [0, 0.1) is 11.8 Å². The highest BCUT2D eigenvalue weighted by Gasteiger charge is 2.29. The number of carbonyl (C=O) groups excluding carboxylic acids is 1. The molecule has 1 rings (SSSR count). The summed E-state index contributed by atoms with van der Waals surface area (Å²) in [7, 11) is 1.71. The predicted molar refractivity (Wildman–Crippen MR) is 82.4 cm³/mol. The highest BCUT2D eigenvalue weighted by molar-refractivity contribution is 9.10. The molecule has 20 heavy (non-hydrogen) atoms. The maximum absolute atomic E-state index is 12.4. The minimum absolute atomic E-state index is 0.0386. The molecule has 1 unspecified atom stereocenters. The second-order valence-electron chi connectivity index (χ2n) is 5.07. The van der Waals surface area contributed by atoms with Crippen LogP contribution in [0.2, 0.25) is 0 Å². The van der Waals surface area contributed by atoms with E-state index in [0.717, 1.165) is 10.0 Å². The molecule has 0 aliphatic rings. The van der Waals surface area contributed by atoms with E-state index in [1.54, 1.807) is 11.9 Å². The fourth-order valence-electron chi connectivity index (χ4n) is 2.04. The Bertz CT molecular complexity index is 503. The maximum atomic E-state index is 12.4. The fourth-order valence-corrected chi connectivity index (χ4v) is 2.49. The average Bonchev–Trinajstić information content (AvgIpc) is 2.38. The second-order valence-corrected chi connectivity index (χ2v) is 5.99. The van der Waals surface area contributed by atoms with Gasteiger partial charge in [-0.1, -0.05) is 47.1 Å². The van der Waals surface area contributed by atoms with Gasteiger partial charge in [-0.3, -0.25) is 4.79 Å². The molecular weight excluding hydrogens is 322 g/mol. The number of amidine groups is 1. The van der Waals surface area contributed by atoms with Gasteiger partial charge in [0.1, 0.15) is 5.92 Å². The number of nitrogens with zero attached hydrogens (tertiary/aromatic N) is 2. The minimum Gasteiger partial charge on any atom is -0.409 e. The number of hydrogen-bond acceptors (Lipinski definition) is 3. The Morgan fingerprint density at radius 1 is 1.50 bits per heavy atom. The number of hydrogen-bond donors (Lipinski definition) is 2. The lowest BCUT2D eigenvalue weighted by atomic mass is 9.93. The van der Waals surface area contributed by atoms with E-state index in [0.29, 0.717) is 6.54 Å². The van der Waals surface area contributed by atoms with E-state index < -0.39 is 5.92 Å². The Morgan fingerprint density at radius 2 is 2.15 bits per heavy atom. The van der Waals surface area contributed by atoms with Gasteiger partial charge in [-0.25, -0.2) is 0 Å². The summed E-state index contributed by atoms with van der Waals surface area (Å²) in [4.78, 5) is 14.0. The first-order chi connectivity index (χ1) is 9.36. The zero-order valence-corrected chi connectivity index (χ0v) is 13.5. The van der Waals surface area contributed by atoms with Crippen molar-refractivity contribution in [2.75, 3.05) is 7.05 Å². The van der Waals surface area contributed by atoms with E-state index >= 15 is 0 Å². The van der Waals surface area contributed by atoms with Crippen molar-refractivity contribution in [3.8, 4) is 0 Å². The summed E-state index contributed by atoms with van der Waals surface area (Å²) in [5.41, 5.74) is 6.63. The van der Waals surface area contributed by atoms with E-state index in [4.69, 9.17) is 10.9 Å². The van der Waals surface area contributed by atoms with Crippen molar-refractivity contribution in [2.24, 2.45) is 22.7 Å². The Kier molecular flexibility index (Phi) is 6.01. The summed E-state index contributed by atoms with van der Waals surface area (Å²) in [5, 5.41) is 11.8. The molecule has 0 radical (unpaired) electrons. The van der Waals surface area contributed by atoms with E-state index in [1.807, 2.05) is 38.1 Å². The summed E-state index contributed by atoms with van der Waals surface area (Å²) in [6, 6.07) is 7.75. The van der Waals surface area contributed by atoms with Crippen molar-refractivity contribution in [3.05, 3.63) is 34.3 Å². The Morgan fingerprint density at radius 3 is 2.65 bits per heavy atom. The highest BCUT2D eigenvalue weighted by atomic mass is 79.9. The lowest BCUT2D eigenvalue weighted by Gasteiger charge is -2.25. The molecule has 0 saturated carbocycles. The molecule has 1 aromatic rings. The van der Waals surface area contributed by atoms with Crippen LogP contribution in [0.25, 0.3) is 0 Å². The van der Waals surface area contributed by atoms with Gasteiger partial charge in [0.05, 0.1) is 0 Å². The van der Waals surface area contributed by atoms with Gasteiger partial charge in [0, 0.05) is 18.1 Å². The molecule has 0 heterocycles. The predicted octanol–water partition coefficient (Wildman–Crippen LogP) is 2.43. The highest BCUT2D eigenvalue weighted by Crippen LogP contribution is 2.17. The standard InChI is InChI=1S/C14H20BrN3O2/c1-9(2)12(13(16)17-20)14(19)18(3)8-10-5-4-6-11(15)7-10/h4-7,9,12,20H,8H2,1-3H3,(H2,16,17). The summed E-state index contributed by atoms with van der Waals surface area (Å²) in [6.07, 6.45) is 0. The summed E-state index contributed by atoms with van der Waals surface area (Å²) in [5.74, 6) is -0.859. The van der Waals surface area contributed by atoms with Gasteiger partial charge in [0.25, 0.3) is 0 Å². The molecule has 0 fully saturated rings. The largest absolute Gasteiger partial charge is 0.409 e. The van der Waals surface area contributed by atoms with Gasteiger partial charge in [-0.15, -0.1) is 0 Å². The molecule has 6 heteroatoms. The van der Waals surface area contributed by atoms with Crippen molar-refractivity contribution in [1.29, 1.82) is 0 Å². The first-order valence-corrected chi connectivity index (χ1v) is 7.13. The van der Waals surface area contributed by atoms with Crippen LogP contribution in [0.5, 0.6) is 0 Å². The zero-order valence-electron chi connectivity index (χ0n) is 11.9. The van der Waals surface area contributed by atoms with Crippen molar-refractivity contribution in [3.63, 3.8) is 0 Å². The smallest absolute Gasteiger partial charge is 0.233 e. The molecule has 1 atom stereocenters. The van der Waals surface area contributed by atoms with E-state index in [-0.39, 0.29) is 17.7 Å². The van der Waals surface area contributed by atoms with Crippen molar-refractivity contribution < 1.29 is 10.0 Å². The maximum Gasteiger partial charge on any atom is 0.233 e. The monoisotopic (exact) mass is 341 g/mol. The van der Waals surface area contributed by atoms with Crippen LogP contribution in [-0.2, 0) is 11.3 Å². The number of oxime groups is 1. The van der Waals surface area contributed by atoms with Crippen LogP contribution >= 0.6 is 15.9 Å². The third-order valence-corrected chi connectivity index (χ3v) is 3.55. The van der Waals surface area contributed by atoms with E-state index in [1.165, 1.54) is 0 Å². The van der Waals surface area contributed by atoms with Crippen LogP contribution in [0.4, 0.5) is 0 Å². The fraction of sp³-hybridized carbons (Fsp3) is 0.429.